The van der Waals surface area contributed by atoms with Gasteiger partial charge in [-0.05, 0) is 26.2 Å². The quantitative estimate of drug-likeness (QED) is 0.792. The molecule has 0 aromatic carbocycles. The van der Waals surface area contributed by atoms with E-state index in [1.165, 1.54) is 6.42 Å². The van der Waals surface area contributed by atoms with E-state index in [-0.39, 0.29) is 36.8 Å². The van der Waals surface area contributed by atoms with Crippen LogP contribution in [0.5, 0.6) is 0 Å². The maximum Gasteiger partial charge on any atom is 0.242 e. The van der Waals surface area contributed by atoms with Gasteiger partial charge in [0.05, 0.1) is 11.6 Å². The molecule has 2 aliphatic rings. The average Bonchev–Trinajstić information content (AvgIpc) is 2.47. The zero-order valence-electron chi connectivity index (χ0n) is 14.4. The summed E-state index contributed by atoms with van der Waals surface area (Å²) in [5, 5.41) is 9.60. The highest BCUT2D eigenvalue weighted by Gasteiger charge is 2.40. The number of hydrogen-bond acceptors (Lipinski definition) is 4. The van der Waals surface area contributed by atoms with Crippen LogP contribution in [0.2, 0.25) is 0 Å². The normalized spacial score (nSPS) is 25.9. The second-order valence-electron chi connectivity index (χ2n) is 6.87. The van der Waals surface area contributed by atoms with Crippen molar-refractivity contribution < 1.29 is 9.90 Å². The Kier molecular flexibility index (Phi) is 10.0. The molecule has 0 bridgehead atoms. The number of rotatable bonds is 4. The van der Waals surface area contributed by atoms with Gasteiger partial charge in [0.25, 0.3) is 0 Å². The molecule has 7 heteroatoms. The topological polar surface area (TPSA) is 69.8 Å². The zero-order chi connectivity index (χ0) is 15.5. The van der Waals surface area contributed by atoms with Crippen molar-refractivity contribution >= 4 is 30.7 Å². The summed E-state index contributed by atoms with van der Waals surface area (Å²) in [6.45, 7) is 6.98. The molecule has 0 aromatic heterocycles. The Labute approximate surface area is 152 Å². The molecular formula is C16H33Cl2N3O2. The second-order valence-corrected chi connectivity index (χ2v) is 6.87. The van der Waals surface area contributed by atoms with E-state index in [0.717, 1.165) is 51.7 Å². The number of amides is 1. The van der Waals surface area contributed by atoms with E-state index in [0.29, 0.717) is 12.6 Å². The third-order valence-electron chi connectivity index (χ3n) is 5.03. The SMILES string of the molecule is CCC1CN(C(=O)C2(N)CCCCC2)CCN1CC(C)O.Cl.Cl. The maximum absolute atomic E-state index is 12.8. The molecule has 2 fully saturated rings. The lowest BCUT2D eigenvalue weighted by Gasteiger charge is -2.45. The van der Waals surface area contributed by atoms with Gasteiger partial charge in [0.15, 0.2) is 0 Å². The molecule has 1 amide bonds. The Bertz CT molecular complexity index is 363. The Morgan fingerprint density at radius 3 is 2.39 bits per heavy atom. The van der Waals surface area contributed by atoms with Gasteiger partial charge in [-0.25, -0.2) is 0 Å². The molecule has 0 aromatic rings. The number of piperazine rings is 1. The summed E-state index contributed by atoms with van der Waals surface area (Å²) in [6, 6.07) is 0.337. The standard InChI is InChI=1S/C16H31N3O2.2ClH/c1-3-14-12-19(10-9-18(14)11-13(2)20)15(21)16(17)7-5-4-6-8-16;;/h13-14,20H,3-12,17H2,1-2H3;2*1H. The summed E-state index contributed by atoms with van der Waals surface area (Å²) < 4.78 is 0. The second kappa shape index (κ2) is 10.0. The zero-order valence-corrected chi connectivity index (χ0v) is 16.0. The summed E-state index contributed by atoms with van der Waals surface area (Å²) in [4.78, 5) is 17.1. The average molecular weight is 370 g/mol. The minimum atomic E-state index is -0.622. The van der Waals surface area contributed by atoms with Crippen molar-refractivity contribution in [1.82, 2.24) is 9.80 Å². The predicted octanol–water partition coefficient (Wildman–Crippen LogP) is 1.80. The lowest BCUT2D eigenvalue weighted by atomic mass is 9.81. The van der Waals surface area contributed by atoms with Gasteiger partial charge in [-0.3, -0.25) is 9.69 Å². The summed E-state index contributed by atoms with van der Waals surface area (Å²) >= 11 is 0. The van der Waals surface area contributed by atoms with Gasteiger partial charge in [0, 0.05) is 32.2 Å². The lowest BCUT2D eigenvalue weighted by molar-refractivity contribution is -0.141. The van der Waals surface area contributed by atoms with E-state index in [9.17, 15) is 9.90 Å². The van der Waals surface area contributed by atoms with E-state index in [2.05, 4.69) is 11.8 Å². The summed E-state index contributed by atoms with van der Waals surface area (Å²) in [5.74, 6) is 0.150. The molecule has 23 heavy (non-hydrogen) atoms. The van der Waals surface area contributed by atoms with Crippen molar-refractivity contribution in [3.05, 3.63) is 0 Å². The fourth-order valence-electron chi connectivity index (χ4n) is 3.76. The van der Waals surface area contributed by atoms with Gasteiger partial charge in [-0.2, -0.15) is 0 Å². The van der Waals surface area contributed by atoms with Crippen molar-refractivity contribution in [2.24, 2.45) is 5.73 Å². The Hall–Kier alpha value is -0.0700. The first kappa shape index (κ1) is 22.9. The third kappa shape index (κ3) is 5.75. The van der Waals surface area contributed by atoms with Crippen LogP contribution in [0.25, 0.3) is 0 Å². The van der Waals surface area contributed by atoms with Crippen LogP contribution in [0.4, 0.5) is 0 Å². The first-order valence-corrected chi connectivity index (χ1v) is 8.46. The molecule has 1 heterocycles. The van der Waals surface area contributed by atoms with E-state index in [1.807, 2.05) is 11.8 Å². The van der Waals surface area contributed by atoms with Crippen LogP contribution in [0.1, 0.15) is 52.4 Å². The Morgan fingerprint density at radius 2 is 1.87 bits per heavy atom. The number of nitrogens with zero attached hydrogens (tertiary/aromatic N) is 2. The van der Waals surface area contributed by atoms with Crippen LogP contribution < -0.4 is 5.73 Å². The monoisotopic (exact) mass is 369 g/mol. The number of β-amino-alcohol motifs (C(OH)–C–C–N with tert-alkyl or cyclic N) is 1. The van der Waals surface area contributed by atoms with Gasteiger partial charge in [0.2, 0.25) is 5.91 Å². The minimum absolute atomic E-state index is 0. The fraction of sp³-hybridized carbons (Fsp3) is 0.938. The predicted molar refractivity (Wildman–Crippen MR) is 98.4 cm³/mol. The van der Waals surface area contributed by atoms with Crippen LogP contribution in [0, 0.1) is 0 Å². The summed E-state index contributed by atoms with van der Waals surface area (Å²) in [5.41, 5.74) is 5.77. The molecule has 2 atom stereocenters. The lowest BCUT2D eigenvalue weighted by Crippen LogP contribution is -2.62. The van der Waals surface area contributed by atoms with Crippen molar-refractivity contribution in [2.75, 3.05) is 26.2 Å². The molecule has 1 aliphatic carbocycles. The molecule has 1 aliphatic heterocycles. The van der Waals surface area contributed by atoms with Crippen LogP contribution >= 0.6 is 24.8 Å². The molecule has 1 saturated carbocycles. The number of aliphatic hydroxyl groups is 1. The number of carbonyl (C=O) groups is 1. The van der Waals surface area contributed by atoms with Crippen molar-refractivity contribution in [3.63, 3.8) is 0 Å². The summed E-state index contributed by atoms with van der Waals surface area (Å²) in [7, 11) is 0. The molecule has 138 valence electrons. The van der Waals surface area contributed by atoms with Crippen LogP contribution in [0.15, 0.2) is 0 Å². The highest BCUT2D eigenvalue weighted by atomic mass is 35.5. The summed E-state index contributed by atoms with van der Waals surface area (Å²) in [6.07, 6.45) is 5.68. The van der Waals surface area contributed by atoms with Crippen molar-refractivity contribution in [3.8, 4) is 0 Å². The molecular weight excluding hydrogens is 337 g/mol. The Balaban J connectivity index is 0.00000242. The largest absolute Gasteiger partial charge is 0.392 e. The molecule has 3 N–H and O–H groups in total. The molecule has 2 unspecified atom stereocenters. The fourth-order valence-corrected chi connectivity index (χ4v) is 3.76. The number of carbonyl (C=O) groups excluding carboxylic acids is 1. The third-order valence-corrected chi connectivity index (χ3v) is 5.03. The maximum atomic E-state index is 12.8. The number of halogens is 2. The number of hydrogen-bond donors (Lipinski definition) is 2. The van der Waals surface area contributed by atoms with Gasteiger partial charge in [-0.1, -0.05) is 26.2 Å². The van der Waals surface area contributed by atoms with Crippen LogP contribution in [-0.4, -0.2) is 64.7 Å². The minimum Gasteiger partial charge on any atom is -0.392 e. The van der Waals surface area contributed by atoms with Crippen molar-refractivity contribution in [1.29, 1.82) is 0 Å². The van der Waals surface area contributed by atoms with Gasteiger partial charge in [-0.15, -0.1) is 24.8 Å². The molecule has 0 spiro atoms. The highest BCUT2D eigenvalue weighted by molar-refractivity contribution is 5.86. The molecule has 0 radical (unpaired) electrons. The highest BCUT2D eigenvalue weighted by Crippen LogP contribution is 2.28. The van der Waals surface area contributed by atoms with Crippen molar-refractivity contribution in [2.45, 2.75) is 70.1 Å². The van der Waals surface area contributed by atoms with Crippen LogP contribution in [-0.2, 0) is 4.79 Å². The molecule has 5 nitrogen and oxygen atoms in total. The smallest absolute Gasteiger partial charge is 0.242 e. The molecule has 1 saturated heterocycles. The van der Waals surface area contributed by atoms with E-state index >= 15 is 0 Å². The van der Waals surface area contributed by atoms with Gasteiger partial charge >= 0.3 is 0 Å². The van der Waals surface area contributed by atoms with E-state index in [1.54, 1.807) is 0 Å². The first-order chi connectivity index (χ1) is 9.96. The van der Waals surface area contributed by atoms with Gasteiger partial charge in [0.1, 0.15) is 0 Å². The molecule has 2 rings (SSSR count). The van der Waals surface area contributed by atoms with Crippen LogP contribution in [0.3, 0.4) is 0 Å². The van der Waals surface area contributed by atoms with Gasteiger partial charge < -0.3 is 15.7 Å². The number of aliphatic hydroxyl groups excluding tert-OH is 1. The van der Waals surface area contributed by atoms with E-state index in [4.69, 9.17) is 5.73 Å². The first-order valence-electron chi connectivity index (χ1n) is 8.46. The van der Waals surface area contributed by atoms with E-state index < -0.39 is 5.54 Å². The number of nitrogens with two attached hydrogens (primary N) is 1. The Morgan fingerprint density at radius 1 is 1.26 bits per heavy atom.